The molecule has 2 aromatic heterocycles. The van der Waals surface area contributed by atoms with Gasteiger partial charge in [-0.2, -0.15) is 0 Å². The van der Waals surface area contributed by atoms with Crippen molar-refractivity contribution in [3.8, 4) is 0 Å². The summed E-state index contributed by atoms with van der Waals surface area (Å²) in [4.78, 5) is 18.3. The van der Waals surface area contributed by atoms with Gasteiger partial charge >= 0.3 is 0 Å². The number of nitrogens with two attached hydrogens (primary N) is 1. The summed E-state index contributed by atoms with van der Waals surface area (Å²) < 4.78 is 0. The average molecular weight is 238 g/mol. The molecule has 0 aromatic carbocycles. The number of carbonyl (C=O) groups is 1. The smallest absolute Gasteiger partial charge is 0.282 e. The van der Waals surface area contributed by atoms with E-state index in [1.165, 1.54) is 0 Å². The third kappa shape index (κ3) is 2.54. The fraction of sp³-hybridized carbons (Fsp3) is 0.250. The standard InChI is InChI=1S/C8H10N6OS/c9-8-14-13-7(16-8)6(15)11-2-1-5-3-10-4-12-5/h3-4H,1-2H2,(H2,9,14)(H,10,12)(H,11,15). The van der Waals surface area contributed by atoms with Gasteiger partial charge in [-0.05, 0) is 0 Å². The third-order valence-corrected chi connectivity index (χ3v) is 2.62. The van der Waals surface area contributed by atoms with Crippen LogP contribution in [0.25, 0.3) is 0 Å². The summed E-state index contributed by atoms with van der Waals surface area (Å²) in [5, 5.41) is 10.5. The van der Waals surface area contributed by atoms with Gasteiger partial charge in [-0.3, -0.25) is 4.79 Å². The van der Waals surface area contributed by atoms with Crippen LogP contribution in [0.15, 0.2) is 12.5 Å². The van der Waals surface area contributed by atoms with Crippen LogP contribution in [-0.4, -0.2) is 32.6 Å². The van der Waals surface area contributed by atoms with Crippen molar-refractivity contribution in [2.45, 2.75) is 6.42 Å². The highest BCUT2D eigenvalue weighted by Crippen LogP contribution is 2.10. The van der Waals surface area contributed by atoms with Crippen LogP contribution in [-0.2, 0) is 6.42 Å². The lowest BCUT2D eigenvalue weighted by molar-refractivity contribution is 0.0953. The second-order valence-electron chi connectivity index (χ2n) is 3.03. The van der Waals surface area contributed by atoms with Gasteiger partial charge in [0, 0.05) is 24.9 Å². The lowest BCUT2D eigenvalue weighted by Gasteiger charge is -2.00. The molecule has 0 aliphatic rings. The molecule has 4 N–H and O–H groups in total. The minimum atomic E-state index is -0.256. The number of carbonyl (C=O) groups excluding carboxylic acids is 1. The topological polar surface area (TPSA) is 110 Å². The Kier molecular flexibility index (Phi) is 3.10. The number of rotatable bonds is 4. The van der Waals surface area contributed by atoms with E-state index in [2.05, 4.69) is 25.5 Å². The SMILES string of the molecule is Nc1nnc(C(=O)NCCc2cnc[nH]2)s1. The second-order valence-corrected chi connectivity index (χ2v) is 4.04. The number of aromatic amines is 1. The van der Waals surface area contributed by atoms with Crippen molar-refractivity contribution >= 4 is 22.4 Å². The number of anilines is 1. The molecule has 0 atom stereocenters. The molecule has 0 saturated heterocycles. The molecule has 0 unspecified atom stereocenters. The molecular formula is C8H10N6OS. The van der Waals surface area contributed by atoms with E-state index in [4.69, 9.17) is 5.73 Å². The number of H-pyrrole nitrogens is 1. The van der Waals surface area contributed by atoms with Crippen molar-refractivity contribution in [1.29, 1.82) is 0 Å². The number of amides is 1. The maximum atomic E-state index is 11.5. The number of imidazole rings is 1. The van der Waals surface area contributed by atoms with E-state index in [1.807, 2.05) is 0 Å². The van der Waals surface area contributed by atoms with Crippen LogP contribution >= 0.6 is 11.3 Å². The minimum absolute atomic E-state index is 0.256. The molecule has 2 rings (SSSR count). The molecule has 8 heteroatoms. The normalized spacial score (nSPS) is 10.2. The van der Waals surface area contributed by atoms with Crippen LogP contribution in [0.2, 0.25) is 0 Å². The van der Waals surface area contributed by atoms with E-state index in [9.17, 15) is 4.79 Å². The summed E-state index contributed by atoms with van der Waals surface area (Å²) in [5.74, 6) is -0.256. The van der Waals surface area contributed by atoms with E-state index in [0.29, 0.717) is 18.1 Å². The monoisotopic (exact) mass is 238 g/mol. The first-order valence-electron chi connectivity index (χ1n) is 4.60. The minimum Gasteiger partial charge on any atom is -0.374 e. The number of nitrogens with zero attached hydrogens (tertiary/aromatic N) is 3. The number of hydrogen-bond donors (Lipinski definition) is 3. The van der Waals surface area contributed by atoms with Gasteiger partial charge in [-0.25, -0.2) is 4.98 Å². The molecule has 0 aliphatic heterocycles. The predicted molar refractivity (Wildman–Crippen MR) is 58.9 cm³/mol. The highest BCUT2D eigenvalue weighted by atomic mass is 32.1. The van der Waals surface area contributed by atoms with Crippen LogP contribution in [0.3, 0.4) is 0 Å². The van der Waals surface area contributed by atoms with Crippen molar-refractivity contribution in [1.82, 2.24) is 25.5 Å². The zero-order chi connectivity index (χ0) is 11.4. The molecule has 0 aliphatic carbocycles. The zero-order valence-electron chi connectivity index (χ0n) is 8.30. The first-order chi connectivity index (χ1) is 7.75. The maximum Gasteiger partial charge on any atom is 0.282 e. The lowest BCUT2D eigenvalue weighted by atomic mass is 10.3. The van der Waals surface area contributed by atoms with Gasteiger partial charge in [0.1, 0.15) is 0 Å². The number of aromatic nitrogens is 4. The summed E-state index contributed by atoms with van der Waals surface area (Å²) in [6, 6.07) is 0. The Bertz CT molecular complexity index is 465. The van der Waals surface area contributed by atoms with Crippen molar-refractivity contribution in [3.63, 3.8) is 0 Å². The molecule has 16 heavy (non-hydrogen) atoms. The highest BCUT2D eigenvalue weighted by molar-refractivity contribution is 7.16. The highest BCUT2D eigenvalue weighted by Gasteiger charge is 2.10. The van der Waals surface area contributed by atoms with Crippen molar-refractivity contribution < 1.29 is 4.79 Å². The van der Waals surface area contributed by atoms with Gasteiger partial charge in [0.25, 0.3) is 5.91 Å². The van der Waals surface area contributed by atoms with E-state index in [1.54, 1.807) is 12.5 Å². The third-order valence-electron chi connectivity index (χ3n) is 1.87. The van der Waals surface area contributed by atoms with Crippen LogP contribution in [0, 0.1) is 0 Å². The summed E-state index contributed by atoms with van der Waals surface area (Å²) in [6.07, 6.45) is 4.01. The Morgan fingerprint density at radius 3 is 3.06 bits per heavy atom. The van der Waals surface area contributed by atoms with Crippen molar-refractivity contribution in [3.05, 3.63) is 23.2 Å². The molecule has 84 valence electrons. The average Bonchev–Trinajstić information content (AvgIpc) is 2.89. The molecule has 1 amide bonds. The van der Waals surface area contributed by atoms with Gasteiger partial charge in [0.15, 0.2) is 0 Å². The Morgan fingerprint density at radius 1 is 1.56 bits per heavy atom. The fourth-order valence-corrected chi connectivity index (χ4v) is 1.66. The summed E-state index contributed by atoms with van der Waals surface area (Å²) in [7, 11) is 0. The molecule has 0 bridgehead atoms. The molecule has 0 radical (unpaired) electrons. The Hall–Kier alpha value is -1.96. The van der Waals surface area contributed by atoms with E-state index < -0.39 is 0 Å². The Balaban J connectivity index is 1.80. The van der Waals surface area contributed by atoms with Crippen LogP contribution in [0.4, 0.5) is 5.13 Å². The molecule has 0 spiro atoms. The molecular weight excluding hydrogens is 228 g/mol. The van der Waals surface area contributed by atoms with E-state index >= 15 is 0 Å². The van der Waals surface area contributed by atoms with Gasteiger partial charge in [-0.15, -0.1) is 10.2 Å². The second kappa shape index (κ2) is 4.71. The summed E-state index contributed by atoms with van der Waals surface area (Å²) in [5.41, 5.74) is 6.34. The fourth-order valence-electron chi connectivity index (χ4n) is 1.13. The van der Waals surface area contributed by atoms with Crippen LogP contribution in [0.1, 0.15) is 15.5 Å². The zero-order valence-corrected chi connectivity index (χ0v) is 9.12. The lowest BCUT2D eigenvalue weighted by Crippen LogP contribution is -2.25. The number of nitrogens with one attached hydrogen (secondary N) is 2. The van der Waals surface area contributed by atoms with Gasteiger partial charge in [-0.1, -0.05) is 11.3 Å². The molecule has 7 nitrogen and oxygen atoms in total. The van der Waals surface area contributed by atoms with Crippen LogP contribution in [0.5, 0.6) is 0 Å². The van der Waals surface area contributed by atoms with E-state index in [-0.39, 0.29) is 10.9 Å². The van der Waals surface area contributed by atoms with Crippen molar-refractivity contribution in [2.75, 3.05) is 12.3 Å². The molecule has 2 heterocycles. The first-order valence-corrected chi connectivity index (χ1v) is 5.42. The molecule has 0 fully saturated rings. The largest absolute Gasteiger partial charge is 0.374 e. The predicted octanol–water partition coefficient (Wildman–Crippen LogP) is -0.184. The van der Waals surface area contributed by atoms with Gasteiger partial charge < -0.3 is 16.0 Å². The van der Waals surface area contributed by atoms with Crippen LogP contribution < -0.4 is 11.1 Å². The number of hydrogen-bond acceptors (Lipinski definition) is 6. The Morgan fingerprint density at radius 2 is 2.44 bits per heavy atom. The van der Waals surface area contributed by atoms with Crippen molar-refractivity contribution in [2.24, 2.45) is 0 Å². The molecule has 2 aromatic rings. The summed E-state index contributed by atoms with van der Waals surface area (Å²) in [6.45, 7) is 0.514. The molecule has 0 saturated carbocycles. The van der Waals surface area contributed by atoms with E-state index in [0.717, 1.165) is 17.0 Å². The van der Waals surface area contributed by atoms with Gasteiger partial charge in [0.05, 0.1) is 6.33 Å². The quantitative estimate of drug-likeness (QED) is 0.684. The van der Waals surface area contributed by atoms with Gasteiger partial charge in [0.2, 0.25) is 10.1 Å². The first kappa shape index (κ1) is 10.6. The summed E-state index contributed by atoms with van der Waals surface area (Å²) >= 11 is 1.07. The Labute approximate surface area is 95.1 Å². The number of nitrogen functional groups attached to an aromatic ring is 1. The maximum absolute atomic E-state index is 11.5.